The second kappa shape index (κ2) is 11.9. The second-order valence-electron chi connectivity index (χ2n) is 13.7. The van der Waals surface area contributed by atoms with Gasteiger partial charge in [-0.05, 0) is 92.8 Å². The number of hydrogen-bond donors (Lipinski definition) is 0. The molecular weight excluding hydrogens is 663 g/mol. The lowest BCUT2D eigenvalue weighted by Crippen LogP contribution is -2.11. The van der Waals surface area contributed by atoms with Crippen LogP contribution in [0.2, 0.25) is 0 Å². The van der Waals surface area contributed by atoms with E-state index in [-0.39, 0.29) is 0 Å². The Morgan fingerprint density at radius 1 is 0.377 bits per heavy atom. The molecule has 0 saturated carbocycles. The Kier molecular flexibility index (Phi) is 6.76. The minimum Gasteiger partial charge on any atom is -0.456 e. The number of nitrogens with zero attached hydrogens (tertiary/aromatic N) is 1. The highest BCUT2D eigenvalue weighted by molar-refractivity contribution is 7.25. The van der Waals surface area contributed by atoms with Crippen LogP contribution >= 0.6 is 11.3 Å². The van der Waals surface area contributed by atoms with Crippen molar-refractivity contribution < 1.29 is 4.42 Å². The Morgan fingerprint density at radius 2 is 1.02 bits per heavy atom. The minimum absolute atomic E-state index is 0.877. The zero-order valence-electron chi connectivity index (χ0n) is 28.7. The predicted molar refractivity (Wildman–Crippen MR) is 227 cm³/mol. The molecule has 2 nitrogen and oxygen atoms in total. The van der Waals surface area contributed by atoms with Gasteiger partial charge in [-0.15, -0.1) is 11.3 Å². The van der Waals surface area contributed by atoms with E-state index in [0.717, 1.165) is 50.1 Å². The van der Waals surface area contributed by atoms with Crippen LogP contribution < -0.4 is 4.90 Å². The molecule has 0 unspecified atom stereocenters. The summed E-state index contributed by atoms with van der Waals surface area (Å²) in [6.45, 7) is 0. The second-order valence-corrected chi connectivity index (χ2v) is 14.8. The molecule has 0 spiro atoms. The van der Waals surface area contributed by atoms with Crippen LogP contribution in [0.5, 0.6) is 0 Å². The molecule has 0 amide bonds. The smallest absolute Gasteiger partial charge is 0.136 e. The first-order valence-electron chi connectivity index (χ1n) is 18.0. The van der Waals surface area contributed by atoms with E-state index in [1.165, 1.54) is 52.8 Å². The quantitative estimate of drug-likeness (QED) is 0.167. The summed E-state index contributed by atoms with van der Waals surface area (Å²) in [5.74, 6) is 0. The first-order valence-corrected chi connectivity index (χ1v) is 18.8. The normalized spacial score (nSPS) is 11.8. The molecule has 248 valence electrons. The van der Waals surface area contributed by atoms with Crippen molar-refractivity contribution in [2.24, 2.45) is 0 Å². The monoisotopic (exact) mass is 693 g/mol. The first-order chi connectivity index (χ1) is 26.3. The molecule has 3 heteroatoms. The van der Waals surface area contributed by atoms with E-state index in [4.69, 9.17) is 4.42 Å². The lowest BCUT2D eigenvalue weighted by molar-refractivity contribution is 0.669. The molecule has 53 heavy (non-hydrogen) atoms. The topological polar surface area (TPSA) is 16.4 Å². The Morgan fingerprint density at radius 3 is 1.89 bits per heavy atom. The molecule has 0 aliphatic rings. The van der Waals surface area contributed by atoms with Crippen LogP contribution in [0.25, 0.3) is 85.9 Å². The summed E-state index contributed by atoms with van der Waals surface area (Å²) in [4.78, 5) is 2.43. The number of anilines is 3. The van der Waals surface area contributed by atoms with E-state index in [0.29, 0.717) is 0 Å². The maximum atomic E-state index is 6.56. The van der Waals surface area contributed by atoms with E-state index in [1.54, 1.807) is 0 Å². The Bertz CT molecular complexity index is 3170. The summed E-state index contributed by atoms with van der Waals surface area (Å²) >= 11 is 1.85. The van der Waals surface area contributed by atoms with Crippen molar-refractivity contribution in [2.45, 2.75) is 0 Å². The van der Waals surface area contributed by atoms with Gasteiger partial charge in [0.15, 0.2) is 0 Å². The summed E-state index contributed by atoms with van der Waals surface area (Å²) in [6, 6.07) is 68.1. The number of benzene rings is 9. The van der Waals surface area contributed by atoms with Gasteiger partial charge in [0.25, 0.3) is 0 Å². The van der Waals surface area contributed by atoms with Crippen LogP contribution in [0.3, 0.4) is 0 Å². The third-order valence-corrected chi connectivity index (χ3v) is 11.8. The average Bonchev–Trinajstić information content (AvgIpc) is 3.79. The van der Waals surface area contributed by atoms with Crippen molar-refractivity contribution in [1.82, 2.24) is 0 Å². The number of para-hydroxylation sites is 1. The van der Waals surface area contributed by atoms with Gasteiger partial charge in [-0.25, -0.2) is 0 Å². The molecule has 0 saturated heterocycles. The molecule has 0 radical (unpaired) electrons. The molecule has 11 rings (SSSR count). The third-order valence-electron chi connectivity index (χ3n) is 10.7. The first kappa shape index (κ1) is 30.0. The predicted octanol–water partition coefficient (Wildman–Crippen LogP) is 15.1. The van der Waals surface area contributed by atoms with Crippen molar-refractivity contribution in [3.8, 4) is 22.3 Å². The standard InChI is InChI=1S/C50H31NOS/c1-2-10-32(11-3-1)33-22-24-37(25-23-33)51(38-26-27-41-40-14-7-9-17-47(40)53-48(41)31-38)44-28-29-46-50(42-15-6-8-16-45(42)52-46)49(44)36-21-20-35-19-18-34-12-4-5-13-39(34)43(35)30-36/h1-31H. The lowest BCUT2D eigenvalue weighted by Gasteiger charge is -2.28. The van der Waals surface area contributed by atoms with E-state index in [1.807, 2.05) is 17.4 Å². The van der Waals surface area contributed by atoms with Crippen LogP contribution in [0, 0.1) is 0 Å². The fraction of sp³-hybridized carbons (Fsp3) is 0. The van der Waals surface area contributed by atoms with Crippen LogP contribution in [0.15, 0.2) is 192 Å². The molecule has 0 aliphatic heterocycles. The fourth-order valence-electron chi connectivity index (χ4n) is 8.16. The van der Waals surface area contributed by atoms with Crippen molar-refractivity contribution >= 4 is 92.1 Å². The highest BCUT2D eigenvalue weighted by Gasteiger charge is 2.24. The molecule has 2 aromatic heterocycles. The lowest BCUT2D eigenvalue weighted by atomic mass is 9.93. The maximum absolute atomic E-state index is 6.56. The SMILES string of the molecule is c1ccc(-c2ccc(N(c3ccc4c(c3)sc3ccccc34)c3ccc4oc5ccccc5c4c3-c3ccc4ccc5ccccc5c4c3)cc2)cc1. The third kappa shape index (κ3) is 4.86. The van der Waals surface area contributed by atoms with Gasteiger partial charge in [0.05, 0.1) is 5.69 Å². The van der Waals surface area contributed by atoms with E-state index < -0.39 is 0 Å². The van der Waals surface area contributed by atoms with Crippen molar-refractivity contribution in [3.63, 3.8) is 0 Å². The van der Waals surface area contributed by atoms with Gasteiger partial charge >= 0.3 is 0 Å². The molecule has 0 aliphatic carbocycles. The minimum atomic E-state index is 0.877. The summed E-state index contributed by atoms with van der Waals surface area (Å²) in [6.07, 6.45) is 0. The van der Waals surface area contributed by atoms with Gasteiger partial charge in [-0.1, -0.05) is 133 Å². The van der Waals surface area contributed by atoms with Crippen molar-refractivity contribution in [1.29, 1.82) is 0 Å². The zero-order valence-corrected chi connectivity index (χ0v) is 29.5. The fourth-order valence-corrected chi connectivity index (χ4v) is 9.30. The summed E-state index contributed by atoms with van der Waals surface area (Å²) in [7, 11) is 0. The molecular formula is C50H31NOS. The number of rotatable bonds is 5. The highest BCUT2D eigenvalue weighted by atomic mass is 32.1. The van der Waals surface area contributed by atoms with Gasteiger partial charge in [-0.2, -0.15) is 0 Å². The number of fused-ring (bicyclic) bond motifs is 9. The summed E-state index contributed by atoms with van der Waals surface area (Å²) < 4.78 is 9.12. The Hall–Kier alpha value is -6.68. The maximum Gasteiger partial charge on any atom is 0.136 e. The number of hydrogen-bond acceptors (Lipinski definition) is 3. The Balaban J connectivity index is 1.21. The van der Waals surface area contributed by atoms with E-state index in [2.05, 4.69) is 187 Å². The van der Waals surface area contributed by atoms with E-state index in [9.17, 15) is 0 Å². The van der Waals surface area contributed by atoms with Gasteiger partial charge in [0, 0.05) is 47.9 Å². The van der Waals surface area contributed by atoms with Gasteiger partial charge in [0.2, 0.25) is 0 Å². The van der Waals surface area contributed by atoms with Gasteiger partial charge in [-0.3, -0.25) is 0 Å². The van der Waals surface area contributed by atoms with Gasteiger partial charge < -0.3 is 9.32 Å². The van der Waals surface area contributed by atoms with Crippen LogP contribution in [0.1, 0.15) is 0 Å². The summed E-state index contributed by atoms with van der Waals surface area (Å²) in [5.41, 5.74) is 9.73. The van der Waals surface area contributed by atoms with Crippen molar-refractivity contribution in [2.75, 3.05) is 4.90 Å². The van der Waals surface area contributed by atoms with Gasteiger partial charge in [0.1, 0.15) is 11.2 Å². The highest BCUT2D eigenvalue weighted by Crippen LogP contribution is 2.49. The van der Waals surface area contributed by atoms with E-state index >= 15 is 0 Å². The zero-order chi connectivity index (χ0) is 34.9. The molecule has 0 bridgehead atoms. The average molecular weight is 694 g/mol. The largest absolute Gasteiger partial charge is 0.456 e. The summed E-state index contributed by atoms with van der Waals surface area (Å²) in [5, 5.41) is 9.76. The molecule has 11 aromatic rings. The van der Waals surface area contributed by atoms with Crippen LogP contribution in [0.4, 0.5) is 17.1 Å². The molecule has 0 N–H and O–H groups in total. The van der Waals surface area contributed by atoms with Crippen LogP contribution in [-0.2, 0) is 0 Å². The number of thiophene rings is 1. The Labute approximate surface area is 310 Å². The molecule has 0 atom stereocenters. The molecule has 2 heterocycles. The molecule has 9 aromatic carbocycles. The number of furan rings is 1. The van der Waals surface area contributed by atoms with Crippen molar-refractivity contribution in [3.05, 3.63) is 188 Å². The van der Waals surface area contributed by atoms with Crippen LogP contribution in [-0.4, -0.2) is 0 Å². The molecule has 0 fully saturated rings.